The van der Waals surface area contributed by atoms with Gasteiger partial charge in [-0.25, -0.2) is 0 Å². The SMILES string of the molecule is COc1ccc(CNC(=O)[C@@H](N)C(C)C)cc1OC. The van der Waals surface area contributed by atoms with Crippen molar-refractivity contribution >= 4 is 5.91 Å². The molecule has 0 unspecified atom stereocenters. The molecule has 106 valence electrons. The third-order valence-corrected chi connectivity index (χ3v) is 2.94. The van der Waals surface area contributed by atoms with Crippen LogP contribution in [0.15, 0.2) is 18.2 Å². The van der Waals surface area contributed by atoms with Gasteiger partial charge in [0.1, 0.15) is 0 Å². The van der Waals surface area contributed by atoms with E-state index in [0.717, 1.165) is 5.56 Å². The first-order valence-electron chi connectivity index (χ1n) is 6.23. The van der Waals surface area contributed by atoms with Crippen molar-refractivity contribution in [3.63, 3.8) is 0 Å². The van der Waals surface area contributed by atoms with Gasteiger partial charge in [-0.15, -0.1) is 0 Å². The Morgan fingerprint density at radius 1 is 1.26 bits per heavy atom. The quantitative estimate of drug-likeness (QED) is 0.814. The smallest absolute Gasteiger partial charge is 0.237 e. The third kappa shape index (κ3) is 4.13. The number of hydrogen-bond acceptors (Lipinski definition) is 4. The largest absolute Gasteiger partial charge is 0.493 e. The summed E-state index contributed by atoms with van der Waals surface area (Å²) in [6, 6.07) is 5.03. The molecule has 0 heterocycles. The first-order valence-corrected chi connectivity index (χ1v) is 6.23. The molecule has 0 saturated carbocycles. The minimum absolute atomic E-state index is 0.116. The Kier molecular flexibility index (Phi) is 5.63. The summed E-state index contributed by atoms with van der Waals surface area (Å²) in [5, 5.41) is 2.81. The van der Waals surface area contributed by atoms with Crippen molar-refractivity contribution in [3.05, 3.63) is 23.8 Å². The first kappa shape index (κ1) is 15.3. The Morgan fingerprint density at radius 2 is 1.89 bits per heavy atom. The zero-order valence-electron chi connectivity index (χ0n) is 11.9. The molecule has 1 atom stereocenters. The van der Waals surface area contributed by atoms with Gasteiger partial charge in [0, 0.05) is 6.54 Å². The second-order valence-electron chi connectivity index (χ2n) is 4.68. The Morgan fingerprint density at radius 3 is 2.42 bits per heavy atom. The number of rotatable bonds is 6. The van der Waals surface area contributed by atoms with E-state index in [1.165, 1.54) is 0 Å². The molecule has 0 aliphatic rings. The van der Waals surface area contributed by atoms with E-state index in [0.29, 0.717) is 18.0 Å². The highest BCUT2D eigenvalue weighted by Gasteiger charge is 2.16. The topological polar surface area (TPSA) is 73.6 Å². The predicted octanol–water partition coefficient (Wildman–Crippen LogP) is 1.30. The molecule has 0 radical (unpaired) electrons. The molecule has 19 heavy (non-hydrogen) atoms. The van der Waals surface area contributed by atoms with Gasteiger partial charge in [-0.3, -0.25) is 4.79 Å². The molecule has 5 heteroatoms. The Balaban J connectivity index is 2.66. The highest BCUT2D eigenvalue weighted by Crippen LogP contribution is 2.27. The fourth-order valence-electron chi connectivity index (χ4n) is 1.60. The molecule has 1 aromatic carbocycles. The van der Waals surface area contributed by atoms with Crippen LogP contribution in [0, 0.1) is 5.92 Å². The highest BCUT2D eigenvalue weighted by atomic mass is 16.5. The molecule has 1 aromatic rings. The minimum Gasteiger partial charge on any atom is -0.493 e. The van der Waals surface area contributed by atoms with Crippen molar-refractivity contribution in [3.8, 4) is 11.5 Å². The lowest BCUT2D eigenvalue weighted by molar-refractivity contribution is -0.123. The van der Waals surface area contributed by atoms with Gasteiger partial charge in [-0.1, -0.05) is 19.9 Å². The van der Waals surface area contributed by atoms with Gasteiger partial charge >= 0.3 is 0 Å². The van der Waals surface area contributed by atoms with E-state index in [1.807, 2.05) is 32.0 Å². The van der Waals surface area contributed by atoms with Crippen LogP contribution in [-0.4, -0.2) is 26.2 Å². The van der Waals surface area contributed by atoms with E-state index in [9.17, 15) is 4.79 Å². The van der Waals surface area contributed by atoms with Gasteiger partial charge in [0.15, 0.2) is 11.5 Å². The van der Waals surface area contributed by atoms with E-state index in [2.05, 4.69) is 5.32 Å². The molecule has 0 aliphatic carbocycles. The van der Waals surface area contributed by atoms with Gasteiger partial charge in [0.05, 0.1) is 20.3 Å². The monoisotopic (exact) mass is 266 g/mol. The molecule has 0 bridgehead atoms. The number of methoxy groups -OCH3 is 2. The van der Waals surface area contributed by atoms with Gasteiger partial charge in [0.2, 0.25) is 5.91 Å². The number of nitrogens with two attached hydrogens (primary N) is 1. The Labute approximate surface area is 114 Å². The first-order chi connectivity index (χ1) is 8.99. The standard InChI is InChI=1S/C14H22N2O3/c1-9(2)13(15)14(17)16-8-10-5-6-11(18-3)12(7-10)19-4/h5-7,9,13H,8,15H2,1-4H3,(H,16,17)/t13-/m0/s1. The number of amides is 1. The lowest BCUT2D eigenvalue weighted by atomic mass is 10.0. The summed E-state index contributed by atoms with van der Waals surface area (Å²) >= 11 is 0. The number of ether oxygens (including phenoxy) is 2. The van der Waals surface area contributed by atoms with Crippen LogP contribution in [-0.2, 0) is 11.3 Å². The number of carbonyl (C=O) groups is 1. The summed E-state index contributed by atoms with van der Waals surface area (Å²) in [5.41, 5.74) is 6.70. The molecule has 5 nitrogen and oxygen atoms in total. The van der Waals surface area contributed by atoms with Crippen LogP contribution in [0.2, 0.25) is 0 Å². The van der Waals surface area contributed by atoms with Gasteiger partial charge < -0.3 is 20.5 Å². The number of nitrogens with one attached hydrogen (secondary N) is 1. The summed E-state index contributed by atoms with van der Waals surface area (Å²) in [6.45, 7) is 4.25. The van der Waals surface area contributed by atoms with Crippen LogP contribution in [0.1, 0.15) is 19.4 Å². The zero-order valence-corrected chi connectivity index (χ0v) is 11.9. The van der Waals surface area contributed by atoms with E-state index < -0.39 is 6.04 Å². The number of benzene rings is 1. The highest BCUT2D eigenvalue weighted by molar-refractivity contribution is 5.81. The summed E-state index contributed by atoms with van der Waals surface area (Å²) < 4.78 is 10.4. The average molecular weight is 266 g/mol. The molecule has 1 rings (SSSR count). The molecule has 0 aliphatic heterocycles. The van der Waals surface area contributed by atoms with Crippen molar-refractivity contribution < 1.29 is 14.3 Å². The minimum atomic E-state index is -0.486. The van der Waals surface area contributed by atoms with Crippen LogP contribution < -0.4 is 20.5 Å². The second-order valence-corrected chi connectivity index (χ2v) is 4.68. The van der Waals surface area contributed by atoms with E-state index >= 15 is 0 Å². The molecular weight excluding hydrogens is 244 g/mol. The molecule has 0 saturated heterocycles. The molecule has 0 aromatic heterocycles. The predicted molar refractivity (Wildman–Crippen MR) is 74.2 cm³/mol. The molecule has 0 spiro atoms. The second kappa shape index (κ2) is 6.99. The van der Waals surface area contributed by atoms with E-state index in [-0.39, 0.29) is 11.8 Å². The maximum absolute atomic E-state index is 11.7. The van der Waals surface area contributed by atoms with E-state index in [1.54, 1.807) is 14.2 Å². The van der Waals surface area contributed by atoms with Crippen LogP contribution >= 0.6 is 0 Å². The van der Waals surface area contributed by atoms with Gasteiger partial charge in [-0.05, 0) is 23.6 Å². The van der Waals surface area contributed by atoms with Crippen molar-refractivity contribution in [1.82, 2.24) is 5.32 Å². The van der Waals surface area contributed by atoms with Crippen molar-refractivity contribution in [2.24, 2.45) is 11.7 Å². The van der Waals surface area contributed by atoms with Crippen LogP contribution in [0.5, 0.6) is 11.5 Å². The molecule has 3 N–H and O–H groups in total. The Bertz CT molecular complexity index is 433. The summed E-state index contributed by atoms with van der Waals surface area (Å²) in [7, 11) is 3.16. The Hall–Kier alpha value is -1.75. The zero-order chi connectivity index (χ0) is 14.4. The number of carbonyl (C=O) groups excluding carboxylic acids is 1. The lowest BCUT2D eigenvalue weighted by Gasteiger charge is -2.16. The maximum Gasteiger partial charge on any atom is 0.237 e. The van der Waals surface area contributed by atoms with Gasteiger partial charge in [-0.2, -0.15) is 0 Å². The van der Waals surface area contributed by atoms with Gasteiger partial charge in [0.25, 0.3) is 0 Å². The molecule has 0 fully saturated rings. The summed E-state index contributed by atoms with van der Waals surface area (Å²) in [4.78, 5) is 11.7. The van der Waals surface area contributed by atoms with Crippen LogP contribution in [0.25, 0.3) is 0 Å². The lowest BCUT2D eigenvalue weighted by Crippen LogP contribution is -2.43. The fourth-order valence-corrected chi connectivity index (χ4v) is 1.60. The van der Waals surface area contributed by atoms with Crippen molar-refractivity contribution in [2.45, 2.75) is 26.4 Å². The third-order valence-electron chi connectivity index (χ3n) is 2.94. The van der Waals surface area contributed by atoms with Crippen molar-refractivity contribution in [2.75, 3.05) is 14.2 Å². The van der Waals surface area contributed by atoms with Crippen LogP contribution in [0.3, 0.4) is 0 Å². The average Bonchev–Trinajstić information content (AvgIpc) is 2.43. The molecular formula is C14H22N2O3. The summed E-state index contributed by atoms with van der Waals surface area (Å²) in [5.74, 6) is 1.27. The fraction of sp³-hybridized carbons (Fsp3) is 0.500. The van der Waals surface area contributed by atoms with Crippen molar-refractivity contribution in [1.29, 1.82) is 0 Å². The summed E-state index contributed by atoms with van der Waals surface area (Å²) in [6.07, 6.45) is 0. The number of hydrogen-bond donors (Lipinski definition) is 2. The maximum atomic E-state index is 11.7. The van der Waals surface area contributed by atoms with E-state index in [4.69, 9.17) is 15.2 Å². The normalized spacial score (nSPS) is 12.1. The van der Waals surface area contributed by atoms with Crippen LogP contribution in [0.4, 0.5) is 0 Å². The molecule has 1 amide bonds.